The van der Waals surface area contributed by atoms with E-state index in [2.05, 4.69) is 34.0 Å². The van der Waals surface area contributed by atoms with E-state index in [1.165, 1.54) is 6.42 Å². The third-order valence-electron chi connectivity index (χ3n) is 3.21. The summed E-state index contributed by atoms with van der Waals surface area (Å²) in [5.74, 6) is 1.69. The Morgan fingerprint density at radius 3 is 3.00 bits per heavy atom. The van der Waals surface area contributed by atoms with Crippen molar-refractivity contribution in [1.82, 2.24) is 14.9 Å². The quantitative estimate of drug-likeness (QED) is 0.881. The summed E-state index contributed by atoms with van der Waals surface area (Å²) in [7, 11) is 0. The van der Waals surface area contributed by atoms with Gasteiger partial charge in [0.2, 0.25) is 0 Å². The molecule has 1 unspecified atom stereocenters. The van der Waals surface area contributed by atoms with Crippen LogP contribution in [0.4, 0.5) is 5.82 Å². The number of nitrogens with one attached hydrogen (secondary N) is 1. The molecule has 5 heteroatoms. The lowest BCUT2D eigenvalue weighted by Gasteiger charge is -2.32. The molecule has 1 saturated heterocycles. The molecule has 1 atom stereocenters. The van der Waals surface area contributed by atoms with Crippen molar-refractivity contribution < 1.29 is 4.74 Å². The topological polar surface area (TPSA) is 50.3 Å². The fourth-order valence-corrected chi connectivity index (χ4v) is 2.39. The minimum Gasteiger partial charge on any atom is -0.370 e. The van der Waals surface area contributed by atoms with E-state index >= 15 is 0 Å². The summed E-state index contributed by atoms with van der Waals surface area (Å²) in [5.41, 5.74) is 0.983. The van der Waals surface area contributed by atoms with Crippen LogP contribution in [-0.2, 0) is 4.74 Å². The Bertz CT molecular complexity index is 408. The molecule has 1 N–H and O–H groups in total. The van der Waals surface area contributed by atoms with Crippen molar-refractivity contribution in [2.24, 2.45) is 0 Å². The van der Waals surface area contributed by atoms with Crippen LogP contribution in [0.1, 0.15) is 37.9 Å². The summed E-state index contributed by atoms with van der Waals surface area (Å²) in [4.78, 5) is 11.5. The molecule has 0 aliphatic carbocycles. The van der Waals surface area contributed by atoms with Crippen LogP contribution in [-0.4, -0.2) is 47.7 Å². The number of ether oxygens (including phenoxy) is 1. The van der Waals surface area contributed by atoms with Gasteiger partial charge in [-0.05, 0) is 26.8 Å². The molecule has 106 valence electrons. The Hall–Kier alpha value is -1.20. The SMILES string of the molecule is CCCN1CCOC(c2nc(C)cc(NCC)n2)C1. The summed E-state index contributed by atoms with van der Waals surface area (Å²) in [5, 5.41) is 3.24. The standard InChI is InChI=1S/C14H24N4O/c1-4-6-18-7-8-19-12(10-18)14-16-11(3)9-13(17-14)15-5-2/h9,12H,4-8,10H2,1-3H3,(H,15,16,17). The van der Waals surface area contributed by atoms with Gasteiger partial charge in [0.05, 0.1) is 6.61 Å². The van der Waals surface area contributed by atoms with Crippen LogP contribution in [0.15, 0.2) is 6.07 Å². The van der Waals surface area contributed by atoms with E-state index in [9.17, 15) is 0 Å². The summed E-state index contributed by atoms with van der Waals surface area (Å²) < 4.78 is 5.83. The van der Waals surface area contributed by atoms with E-state index in [0.29, 0.717) is 0 Å². The lowest BCUT2D eigenvalue weighted by Crippen LogP contribution is -2.39. The van der Waals surface area contributed by atoms with Gasteiger partial charge in [-0.3, -0.25) is 4.90 Å². The molecule has 1 aromatic heterocycles. The van der Waals surface area contributed by atoms with Crippen molar-refractivity contribution in [3.63, 3.8) is 0 Å². The van der Waals surface area contributed by atoms with Crippen molar-refractivity contribution >= 4 is 5.82 Å². The van der Waals surface area contributed by atoms with Gasteiger partial charge < -0.3 is 10.1 Å². The first-order valence-corrected chi connectivity index (χ1v) is 7.16. The molecule has 0 radical (unpaired) electrons. The number of rotatable bonds is 5. The largest absolute Gasteiger partial charge is 0.370 e. The molecule has 0 aromatic carbocycles. The van der Waals surface area contributed by atoms with Crippen molar-refractivity contribution in [2.45, 2.75) is 33.3 Å². The normalized spacial score (nSPS) is 20.5. The van der Waals surface area contributed by atoms with Gasteiger partial charge in [0, 0.05) is 31.4 Å². The van der Waals surface area contributed by atoms with Crippen LogP contribution in [0.3, 0.4) is 0 Å². The molecule has 5 nitrogen and oxygen atoms in total. The highest BCUT2D eigenvalue weighted by molar-refractivity contribution is 5.35. The Kier molecular flexibility index (Phi) is 5.10. The summed E-state index contributed by atoms with van der Waals surface area (Å²) >= 11 is 0. The zero-order chi connectivity index (χ0) is 13.7. The fraction of sp³-hybridized carbons (Fsp3) is 0.714. The lowest BCUT2D eigenvalue weighted by molar-refractivity contribution is -0.0342. The zero-order valence-corrected chi connectivity index (χ0v) is 12.1. The second-order valence-electron chi connectivity index (χ2n) is 4.94. The predicted molar refractivity (Wildman–Crippen MR) is 76.4 cm³/mol. The van der Waals surface area contributed by atoms with Gasteiger partial charge in [0.1, 0.15) is 11.9 Å². The van der Waals surface area contributed by atoms with Gasteiger partial charge in [-0.15, -0.1) is 0 Å². The first-order chi connectivity index (χ1) is 9.22. The van der Waals surface area contributed by atoms with Crippen molar-refractivity contribution in [3.8, 4) is 0 Å². The van der Waals surface area contributed by atoms with Crippen LogP contribution >= 0.6 is 0 Å². The summed E-state index contributed by atoms with van der Waals surface area (Å²) in [6.45, 7) is 10.9. The molecule has 19 heavy (non-hydrogen) atoms. The van der Waals surface area contributed by atoms with Crippen molar-refractivity contribution in [1.29, 1.82) is 0 Å². The molecule has 0 amide bonds. The zero-order valence-electron chi connectivity index (χ0n) is 12.1. The van der Waals surface area contributed by atoms with E-state index in [-0.39, 0.29) is 6.10 Å². The number of aryl methyl sites for hydroxylation is 1. The fourth-order valence-electron chi connectivity index (χ4n) is 2.39. The second kappa shape index (κ2) is 6.82. The van der Waals surface area contributed by atoms with Gasteiger partial charge in [-0.25, -0.2) is 9.97 Å². The maximum absolute atomic E-state index is 5.83. The molecular formula is C14H24N4O. The molecule has 1 aromatic rings. The van der Waals surface area contributed by atoms with Crippen molar-refractivity contribution in [2.75, 3.05) is 38.1 Å². The maximum Gasteiger partial charge on any atom is 0.161 e. The molecule has 2 rings (SSSR count). The van der Waals surface area contributed by atoms with Crippen LogP contribution < -0.4 is 5.32 Å². The Labute approximate surface area is 115 Å². The average molecular weight is 264 g/mol. The first-order valence-electron chi connectivity index (χ1n) is 7.16. The van der Waals surface area contributed by atoms with Gasteiger partial charge in [-0.1, -0.05) is 6.92 Å². The highest BCUT2D eigenvalue weighted by atomic mass is 16.5. The van der Waals surface area contributed by atoms with E-state index in [1.807, 2.05) is 13.0 Å². The predicted octanol–water partition coefficient (Wildman–Crippen LogP) is 2.00. The molecule has 1 aliphatic heterocycles. The number of aromatic nitrogens is 2. The minimum atomic E-state index is -0.00222. The Morgan fingerprint density at radius 1 is 1.42 bits per heavy atom. The van der Waals surface area contributed by atoms with Gasteiger partial charge in [-0.2, -0.15) is 0 Å². The number of anilines is 1. The van der Waals surface area contributed by atoms with E-state index < -0.39 is 0 Å². The molecule has 1 aliphatic rings. The van der Waals surface area contributed by atoms with Crippen LogP contribution in [0.5, 0.6) is 0 Å². The monoisotopic (exact) mass is 264 g/mol. The molecule has 1 fully saturated rings. The smallest absolute Gasteiger partial charge is 0.161 e. The highest BCUT2D eigenvalue weighted by Gasteiger charge is 2.24. The van der Waals surface area contributed by atoms with E-state index in [0.717, 1.165) is 50.1 Å². The third-order valence-corrected chi connectivity index (χ3v) is 3.21. The second-order valence-corrected chi connectivity index (χ2v) is 4.94. The van der Waals surface area contributed by atoms with Crippen LogP contribution in [0, 0.1) is 6.92 Å². The van der Waals surface area contributed by atoms with Gasteiger partial charge >= 0.3 is 0 Å². The van der Waals surface area contributed by atoms with Crippen LogP contribution in [0.25, 0.3) is 0 Å². The van der Waals surface area contributed by atoms with E-state index in [1.54, 1.807) is 0 Å². The summed E-state index contributed by atoms with van der Waals surface area (Å²) in [6.07, 6.45) is 1.17. The average Bonchev–Trinajstić information content (AvgIpc) is 2.39. The number of morpholine rings is 1. The van der Waals surface area contributed by atoms with Gasteiger partial charge in [0.15, 0.2) is 5.82 Å². The first kappa shape index (κ1) is 14.2. The maximum atomic E-state index is 5.83. The van der Waals surface area contributed by atoms with Crippen LogP contribution in [0.2, 0.25) is 0 Å². The number of hydrogen-bond acceptors (Lipinski definition) is 5. The van der Waals surface area contributed by atoms with Crippen molar-refractivity contribution in [3.05, 3.63) is 17.6 Å². The number of nitrogens with zero attached hydrogens (tertiary/aromatic N) is 3. The molecule has 2 heterocycles. The number of hydrogen-bond donors (Lipinski definition) is 1. The molecule has 0 bridgehead atoms. The molecular weight excluding hydrogens is 240 g/mol. The van der Waals surface area contributed by atoms with Gasteiger partial charge in [0.25, 0.3) is 0 Å². The molecule has 0 spiro atoms. The third kappa shape index (κ3) is 3.88. The summed E-state index contributed by atoms with van der Waals surface area (Å²) in [6, 6.07) is 1.97. The van der Waals surface area contributed by atoms with E-state index in [4.69, 9.17) is 4.74 Å². The Balaban J connectivity index is 2.11. The Morgan fingerprint density at radius 2 is 2.26 bits per heavy atom. The lowest BCUT2D eigenvalue weighted by atomic mass is 10.2. The minimum absolute atomic E-state index is 0.00222. The molecule has 0 saturated carbocycles. The highest BCUT2D eigenvalue weighted by Crippen LogP contribution is 2.21.